The molecular formula is C26H33ClN2O. The van der Waals surface area contributed by atoms with E-state index in [1.54, 1.807) is 6.92 Å². The van der Waals surface area contributed by atoms with Gasteiger partial charge in [0, 0.05) is 43.5 Å². The zero-order valence-electron chi connectivity index (χ0n) is 18.5. The molecule has 2 aliphatic rings. The van der Waals surface area contributed by atoms with Crippen molar-refractivity contribution < 1.29 is 4.79 Å². The Kier molecular flexibility index (Phi) is 6.50. The monoisotopic (exact) mass is 424 g/mol. The van der Waals surface area contributed by atoms with E-state index in [9.17, 15) is 4.79 Å². The standard InChI is InChI=1S/C26H33ClN2O/c1-18-17-29(20(3)30)14-11-23-15-24(16-25(27)26(18)23)22-8-6-21(7-9-22)10-13-28-12-4-5-19(28)2/h6-9,15-16,18-19H,4-5,10-14,17H2,1-3H3/t18-,19-/m1/s1. The van der Waals surface area contributed by atoms with Gasteiger partial charge in [0.15, 0.2) is 0 Å². The first-order valence-electron chi connectivity index (χ1n) is 11.3. The van der Waals surface area contributed by atoms with Gasteiger partial charge in [0.1, 0.15) is 0 Å². The second-order valence-electron chi connectivity index (χ2n) is 9.12. The van der Waals surface area contributed by atoms with Gasteiger partial charge in [-0.05, 0) is 73.0 Å². The normalized spacial score (nSPS) is 22.1. The van der Waals surface area contributed by atoms with E-state index in [0.29, 0.717) is 0 Å². The molecule has 0 N–H and O–H groups in total. The molecule has 2 atom stereocenters. The molecule has 1 amide bonds. The molecule has 2 aliphatic heterocycles. The maximum Gasteiger partial charge on any atom is 0.219 e. The average molecular weight is 425 g/mol. The van der Waals surface area contributed by atoms with Crippen LogP contribution in [0.25, 0.3) is 11.1 Å². The Labute approximate surface area is 186 Å². The largest absolute Gasteiger partial charge is 0.342 e. The maximum atomic E-state index is 11.9. The number of nitrogens with zero attached hydrogens (tertiary/aromatic N) is 2. The molecule has 3 nitrogen and oxygen atoms in total. The quantitative estimate of drug-likeness (QED) is 0.643. The number of carbonyl (C=O) groups excluding carboxylic acids is 1. The number of fused-ring (bicyclic) bond motifs is 1. The van der Waals surface area contributed by atoms with Crippen LogP contribution in [0, 0.1) is 0 Å². The molecule has 2 aromatic rings. The van der Waals surface area contributed by atoms with Crippen LogP contribution in [-0.2, 0) is 17.6 Å². The van der Waals surface area contributed by atoms with Crippen LogP contribution in [0.1, 0.15) is 56.2 Å². The number of hydrogen-bond acceptors (Lipinski definition) is 2. The van der Waals surface area contributed by atoms with Crippen LogP contribution in [0.5, 0.6) is 0 Å². The molecule has 0 unspecified atom stereocenters. The molecule has 1 fully saturated rings. The molecule has 0 radical (unpaired) electrons. The van der Waals surface area contributed by atoms with Crippen molar-refractivity contribution in [2.45, 2.75) is 58.4 Å². The fourth-order valence-corrected chi connectivity index (χ4v) is 5.54. The first-order chi connectivity index (χ1) is 14.4. The number of hydrogen-bond donors (Lipinski definition) is 0. The summed E-state index contributed by atoms with van der Waals surface area (Å²) in [6.07, 6.45) is 4.63. The SMILES string of the molecule is CC(=O)N1CCc2cc(-c3ccc(CCN4CCC[C@H]4C)cc3)cc(Cl)c2[C@H](C)C1. The van der Waals surface area contributed by atoms with E-state index >= 15 is 0 Å². The van der Waals surface area contributed by atoms with E-state index < -0.39 is 0 Å². The van der Waals surface area contributed by atoms with Crippen molar-refractivity contribution in [2.24, 2.45) is 0 Å². The Hall–Kier alpha value is -1.84. The van der Waals surface area contributed by atoms with E-state index in [0.717, 1.165) is 43.5 Å². The van der Waals surface area contributed by atoms with Gasteiger partial charge in [-0.15, -0.1) is 0 Å². The lowest BCUT2D eigenvalue weighted by Crippen LogP contribution is -2.32. The molecule has 0 bridgehead atoms. The first kappa shape index (κ1) is 21.4. The van der Waals surface area contributed by atoms with Crippen LogP contribution >= 0.6 is 11.6 Å². The van der Waals surface area contributed by atoms with Gasteiger partial charge >= 0.3 is 0 Å². The minimum Gasteiger partial charge on any atom is -0.342 e. The van der Waals surface area contributed by atoms with Crippen molar-refractivity contribution in [2.75, 3.05) is 26.2 Å². The van der Waals surface area contributed by atoms with Crippen molar-refractivity contribution in [1.82, 2.24) is 9.80 Å². The molecule has 160 valence electrons. The van der Waals surface area contributed by atoms with E-state index in [1.165, 1.54) is 47.2 Å². The Bertz CT molecular complexity index is 908. The summed E-state index contributed by atoms with van der Waals surface area (Å²) in [6.45, 7) is 10.1. The number of carbonyl (C=O) groups is 1. The van der Waals surface area contributed by atoms with Crippen LogP contribution in [0.15, 0.2) is 36.4 Å². The summed E-state index contributed by atoms with van der Waals surface area (Å²) in [5.74, 6) is 0.396. The lowest BCUT2D eigenvalue weighted by Gasteiger charge is -2.21. The highest BCUT2D eigenvalue weighted by Crippen LogP contribution is 2.36. The van der Waals surface area contributed by atoms with Crippen molar-refractivity contribution >= 4 is 17.5 Å². The number of benzene rings is 2. The Morgan fingerprint density at radius 3 is 2.53 bits per heavy atom. The third kappa shape index (κ3) is 4.58. The summed E-state index contributed by atoms with van der Waals surface area (Å²) in [4.78, 5) is 16.4. The molecule has 4 heteroatoms. The smallest absolute Gasteiger partial charge is 0.219 e. The predicted molar refractivity (Wildman–Crippen MR) is 125 cm³/mol. The highest BCUT2D eigenvalue weighted by atomic mass is 35.5. The summed E-state index contributed by atoms with van der Waals surface area (Å²) >= 11 is 6.75. The fraction of sp³-hybridized carbons (Fsp3) is 0.500. The van der Waals surface area contributed by atoms with Gasteiger partial charge in [0.05, 0.1) is 0 Å². The highest BCUT2D eigenvalue weighted by molar-refractivity contribution is 6.31. The molecule has 2 heterocycles. The lowest BCUT2D eigenvalue weighted by molar-refractivity contribution is -0.128. The summed E-state index contributed by atoms with van der Waals surface area (Å²) in [6, 6.07) is 14.1. The number of likely N-dealkylation sites (tertiary alicyclic amines) is 1. The number of amides is 1. The van der Waals surface area contributed by atoms with Gasteiger partial charge in [0.2, 0.25) is 5.91 Å². The van der Waals surface area contributed by atoms with Crippen molar-refractivity contribution in [3.05, 3.63) is 58.1 Å². The van der Waals surface area contributed by atoms with Crippen LogP contribution in [0.2, 0.25) is 5.02 Å². The zero-order valence-corrected chi connectivity index (χ0v) is 19.2. The predicted octanol–water partition coefficient (Wildman–Crippen LogP) is 5.54. The molecule has 0 spiro atoms. The van der Waals surface area contributed by atoms with E-state index in [-0.39, 0.29) is 11.8 Å². The summed E-state index contributed by atoms with van der Waals surface area (Å²) < 4.78 is 0. The fourth-order valence-electron chi connectivity index (χ4n) is 5.12. The average Bonchev–Trinajstić information content (AvgIpc) is 3.05. The van der Waals surface area contributed by atoms with Gasteiger partial charge in [0.25, 0.3) is 0 Å². The summed E-state index contributed by atoms with van der Waals surface area (Å²) in [7, 11) is 0. The number of rotatable bonds is 4. The van der Waals surface area contributed by atoms with Gasteiger partial charge < -0.3 is 9.80 Å². The van der Waals surface area contributed by atoms with Crippen molar-refractivity contribution in [1.29, 1.82) is 0 Å². The lowest BCUT2D eigenvalue weighted by atomic mass is 9.91. The Morgan fingerprint density at radius 2 is 1.87 bits per heavy atom. The van der Waals surface area contributed by atoms with Crippen molar-refractivity contribution in [3.8, 4) is 11.1 Å². The van der Waals surface area contributed by atoms with Crippen LogP contribution in [0.3, 0.4) is 0 Å². The van der Waals surface area contributed by atoms with Crippen LogP contribution in [0.4, 0.5) is 0 Å². The Morgan fingerprint density at radius 1 is 1.10 bits per heavy atom. The van der Waals surface area contributed by atoms with Crippen LogP contribution < -0.4 is 0 Å². The van der Waals surface area contributed by atoms with Gasteiger partial charge in [-0.2, -0.15) is 0 Å². The third-order valence-corrected chi connectivity index (χ3v) is 7.28. The molecule has 2 aromatic carbocycles. The van der Waals surface area contributed by atoms with Gasteiger partial charge in [-0.3, -0.25) is 4.79 Å². The first-order valence-corrected chi connectivity index (χ1v) is 11.7. The van der Waals surface area contributed by atoms with Crippen molar-refractivity contribution in [3.63, 3.8) is 0 Å². The second-order valence-corrected chi connectivity index (χ2v) is 9.53. The van der Waals surface area contributed by atoms with Crippen LogP contribution in [-0.4, -0.2) is 47.9 Å². The summed E-state index contributed by atoms with van der Waals surface area (Å²) in [5.41, 5.74) is 6.26. The number of halogens is 1. The topological polar surface area (TPSA) is 23.6 Å². The Balaban J connectivity index is 1.51. The molecule has 4 rings (SSSR count). The minimum atomic E-state index is 0.143. The van der Waals surface area contributed by atoms with Gasteiger partial charge in [-0.25, -0.2) is 0 Å². The molecule has 30 heavy (non-hydrogen) atoms. The molecular weight excluding hydrogens is 392 g/mol. The third-order valence-electron chi connectivity index (χ3n) is 6.96. The molecule has 1 saturated heterocycles. The molecule has 0 aliphatic carbocycles. The zero-order chi connectivity index (χ0) is 21.3. The minimum absolute atomic E-state index is 0.143. The highest BCUT2D eigenvalue weighted by Gasteiger charge is 2.24. The van der Waals surface area contributed by atoms with E-state index in [1.807, 2.05) is 4.90 Å². The second kappa shape index (κ2) is 9.11. The maximum absolute atomic E-state index is 11.9. The molecule has 0 aromatic heterocycles. The van der Waals surface area contributed by atoms with E-state index in [2.05, 4.69) is 55.1 Å². The van der Waals surface area contributed by atoms with E-state index in [4.69, 9.17) is 11.6 Å². The van der Waals surface area contributed by atoms with Gasteiger partial charge in [-0.1, -0.05) is 48.9 Å². The summed E-state index contributed by atoms with van der Waals surface area (Å²) in [5, 5.41) is 0.826. The molecule has 0 saturated carbocycles.